The van der Waals surface area contributed by atoms with E-state index in [9.17, 15) is 0 Å². The van der Waals surface area contributed by atoms with E-state index in [1.165, 1.54) is 0 Å². The summed E-state index contributed by atoms with van der Waals surface area (Å²) in [6.45, 7) is 0. The van der Waals surface area contributed by atoms with Crippen molar-refractivity contribution in [2.24, 2.45) is 0 Å². The minimum absolute atomic E-state index is 0.654. The zero-order chi connectivity index (χ0) is 11.8. The summed E-state index contributed by atoms with van der Waals surface area (Å²) in [7, 11) is 0. The van der Waals surface area contributed by atoms with Gasteiger partial charge in [-0.3, -0.25) is 4.40 Å². The van der Waals surface area contributed by atoms with Crippen molar-refractivity contribution in [2.45, 2.75) is 0 Å². The van der Waals surface area contributed by atoms with Gasteiger partial charge < -0.3 is 4.98 Å². The molecule has 84 valence electrons. The first-order valence-corrected chi connectivity index (χ1v) is 5.99. The molecule has 0 saturated carbocycles. The Bertz CT molecular complexity index is 728. The smallest absolute Gasteiger partial charge is 0.182 e. The third kappa shape index (κ3) is 1.77. The fourth-order valence-electron chi connectivity index (χ4n) is 1.90. The SMILES string of the molecule is S=c1[nH]c(-c2ccccc2)c2ccc(Cl)cn12. The van der Waals surface area contributed by atoms with E-state index < -0.39 is 0 Å². The molecule has 17 heavy (non-hydrogen) atoms. The summed E-state index contributed by atoms with van der Waals surface area (Å²) in [6, 6.07) is 13.9. The number of fused-ring (bicyclic) bond motifs is 1. The van der Waals surface area contributed by atoms with Gasteiger partial charge in [0.2, 0.25) is 0 Å². The number of rotatable bonds is 1. The maximum Gasteiger partial charge on any atom is 0.182 e. The molecule has 2 aromatic heterocycles. The van der Waals surface area contributed by atoms with Gasteiger partial charge in [-0.05, 0) is 24.4 Å². The normalized spacial score (nSPS) is 10.9. The predicted molar refractivity (Wildman–Crippen MR) is 73.0 cm³/mol. The lowest BCUT2D eigenvalue weighted by Crippen LogP contribution is -1.83. The fourth-order valence-corrected chi connectivity index (χ4v) is 2.32. The third-order valence-corrected chi connectivity index (χ3v) is 3.20. The van der Waals surface area contributed by atoms with Crippen molar-refractivity contribution in [3.63, 3.8) is 0 Å². The van der Waals surface area contributed by atoms with Gasteiger partial charge in [-0.1, -0.05) is 41.9 Å². The zero-order valence-electron chi connectivity index (χ0n) is 8.85. The highest BCUT2D eigenvalue weighted by Crippen LogP contribution is 2.24. The fraction of sp³-hybridized carbons (Fsp3) is 0. The molecule has 0 aliphatic carbocycles. The molecule has 2 nitrogen and oxygen atoms in total. The van der Waals surface area contributed by atoms with Crippen molar-refractivity contribution >= 4 is 29.3 Å². The molecule has 0 aliphatic heterocycles. The highest BCUT2D eigenvalue weighted by molar-refractivity contribution is 7.71. The van der Waals surface area contributed by atoms with Crippen molar-refractivity contribution < 1.29 is 0 Å². The molecule has 0 spiro atoms. The first kappa shape index (κ1) is 10.6. The van der Waals surface area contributed by atoms with Crippen LogP contribution in [0, 0.1) is 4.77 Å². The van der Waals surface area contributed by atoms with E-state index in [4.69, 9.17) is 23.8 Å². The van der Waals surface area contributed by atoms with Crippen LogP contribution in [0.2, 0.25) is 5.02 Å². The number of aromatic nitrogens is 2. The highest BCUT2D eigenvalue weighted by atomic mass is 35.5. The largest absolute Gasteiger partial charge is 0.330 e. The second-order valence-corrected chi connectivity index (χ2v) is 4.60. The van der Waals surface area contributed by atoms with E-state index >= 15 is 0 Å². The van der Waals surface area contributed by atoms with Crippen molar-refractivity contribution in [1.29, 1.82) is 0 Å². The number of nitrogens with one attached hydrogen (secondary N) is 1. The average molecular weight is 261 g/mol. The van der Waals surface area contributed by atoms with Crippen molar-refractivity contribution in [3.8, 4) is 11.3 Å². The lowest BCUT2D eigenvalue weighted by molar-refractivity contribution is 1.12. The summed E-state index contributed by atoms with van der Waals surface area (Å²) >= 11 is 11.2. The van der Waals surface area contributed by atoms with Crippen molar-refractivity contribution in [1.82, 2.24) is 9.38 Å². The maximum atomic E-state index is 5.96. The lowest BCUT2D eigenvalue weighted by Gasteiger charge is -1.99. The Morgan fingerprint density at radius 2 is 1.82 bits per heavy atom. The molecule has 4 heteroatoms. The third-order valence-electron chi connectivity index (χ3n) is 2.68. The number of pyridine rings is 1. The number of benzene rings is 1. The van der Waals surface area contributed by atoms with E-state index in [2.05, 4.69) is 17.1 Å². The summed E-state index contributed by atoms with van der Waals surface area (Å²) in [4.78, 5) is 3.22. The van der Waals surface area contributed by atoms with Crippen LogP contribution in [-0.2, 0) is 0 Å². The van der Waals surface area contributed by atoms with E-state index in [1.807, 2.05) is 40.9 Å². The molecule has 0 amide bonds. The van der Waals surface area contributed by atoms with Gasteiger partial charge >= 0.3 is 0 Å². The molecule has 2 heterocycles. The number of hydrogen-bond donors (Lipinski definition) is 1. The van der Waals surface area contributed by atoms with E-state index in [0.29, 0.717) is 9.79 Å². The Balaban J connectivity index is 2.36. The number of H-pyrrole nitrogens is 1. The Morgan fingerprint density at radius 1 is 1.06 bits per heavy atom. The monoisotopic (exact) mass is 260 g/mol. The molecular formula is C13H9ClN2S. The maximum absolute atomic E-state index is 5.96. The molecular weight excluding hydrogens is 252 g/mol. The molecule has 0 unspecified atom stereocenters. The molecule has 0 bridgehead atoms. The van der Waals surface area contributed by atoms with Gasteiger partial charge in [0.1, 0.15) is 0 Å². The standard InChI is InChI=1S/C13H9ClN2S/c14-10-6-7-11-12(9-4-2-1-3-5-9)15-13(17)16(11)8-10/h1-8H,(H,15,17). The van der Waals surface area contributed by atoms with Gasteiger partial charge in [0.05, 0.1) is 16.2 Å². The van der Waals surface area contributed by atoms with Crippen LogP contribution in [0.4, 0.5) is 0 Å². The summed E-state index contributed by atoms with van der Waals surface area (Å²) < 4.78 is 2.54. The number of hydrogen-bond acceptors (Lipinski definition) is 1. The molecule has 3 aromatic rings. The van der Waals surface area contributed by atoms with Gasteiger partial charge in [0.25, 0.3) is 0 Å². The van der Waals surface area contributed by atoms with Crippen LogP contribution in [-0.4, -0.2) is 9.38 Å². The molecule has 0 atom stereocenters. The molecule has 1 N–H and O–H groups in total. The Kier molecular flexibility index (Phi) is 2.50. The first-order chi connectivity index (χ1) is 8.25. The highest BCUT2D eigenvalue weighted by Gasteiger charge is 2.06. The average Bonchev–Trinajstić information content (AvgIpc) is 2.68. The molecule has 0 fully saturated rings. The van der Waals surface area contributed by atoms with Crippen LogP contribution >= 0.6 is 23.8 Å². The first-order valence-electron chi connectivity index (χ1n) is 5.21. The van der Waals surface area contributed by atoms with Gasteiger partial charge in [-0.2, -0.15) is 0 Å². The number of nitrogens with zero attached hydrogens (tertiary/aromatic N) is 1. The molecule has 0 aliphatic rings. The molecule has 1 aromatic carbocycles. The van der Waals surface area contributed by atoms with Crippen molar-refractivity contribution in [3.05, 3.63) is 58.5 Å². The molecule has 0 radical (unpaired) electrons. The minimum Gasteiger partial charge on any atom is -0.330 e. The van der Waals surface area contributed by atoms with Gasteiger partial charge in [-0.15, -0.1) is 0 Å². The van der Waals surface area contributed by atoms with Gasteiger partial charge in [0.15, 0.2) is 4.77 Å². The summed E-state index contributed by atoms with van der Waals surface area (Å²) in [5.74, 6) is 0. The Hall–Kier alpha value is -1.58. The summed E-state index contributed by atoms with van der Waals surface area (Å²) in [5.41, 5.74) is 3.17. The van der Waals surface area contributed by atoms with Crippen LogP contribution in [0.1, 0.15) is 0 Å². The zero-order valence-corrected chi connectivity index (χ0v) is 10.4. The van der Waals surface area contributed by atoms with Crippen LogP contribution < -0.4 is 0 Å². The number of halogens is 1. The van der Waals surface area contributed by atoms with Gasteiger partial charge in [-0.25, -0.2) is 0 Å². The molecule has 3 rings (SSSR count). The number of aromatic amines is 1. The second-order valence-electron chi connectivity index (χ2n) is 3.77. The number of imidazole rings is 1. The van der Waals surface area contributed by atoms with Crippen LogP contribution in [0.5, 0.6) is 0 Å². The predicted octanol–water partition coefficient (Wildman–Crippen LogP) is 4.32. The Morgan fingerprint density at radius 3 is 2.59 bits per heavy atom. The van der Waals surface area contributed by atoms with Crippen LogP contribution in [0.15, 0.2) is 48.7 Å². The quantitative estimate of drug-likeness (QED) is 0.646. The van der Waals surface area contributed by atoms with Crippen LogP contribution in [0.25, 0.3) is 16.8 Å². The van der Waals surface area contributed by atoms with Gasteiger partial charge in [0, 0.05) is 11.8 Å². The van der Waals surface area contributed by atoms with Crippen molar-refractivity contribution in [2.75, 3.05) is 0 Å². The lowest BCUT2D eigenvalue weighted by atomic mass is 10.1. The molecule has 0 saturated heterocycles. The Labute approximate surface area is 108 Å². The van der Waals surface area contributed by atoms with E-state index in [-0.39, 0.29) is 0 Å². The summed E-state index contributed by atoms with van der Waals surface area (Å²) in [6.07, 6.45) is 1.82. The summed E-state index contributed by atoms with van der Waals surface area (Å²) in [5, 5.41) is 0.673. The second kappa shape index (κ2) is 4.02. The van der Waals surface area contributed by atoms with Crippen LogP contribution in [0.3, 0.4) is 0 Å². The van der Waals surface area contributed by atoms with E-state index in [1.54, 1.807) is 0 Å². The van der Waals surface area contributed by atoms with E-state index in [0.717, 1.165) is 16.8 Å². The minimum atomic E-state index is 0.654. The topological polar surface area (TPSA) is 20.2 Å².